The van der Waals surface area contributed by atoms with Crippen molar-refractivity contribution < 1.29 is 0 Å². The fourth-order valence-corrected chi connectivity index (χ4v) is 2.32. The van der Waals surface area contributed by atoms with Crippen LogP contribution in [0.5, 0.6) is 0 Å². The maximum absolute atomic E-state index is 5.95. The minimum Gasteiger partial charge on any atom is -0.329 e. The predicted molar refractivity (Wildman–Crippen MR) is 72.9 cm³/mol. The standard InChI is InChI=1S/C14H25N3/c1-4-14(5-2,12-15)17(3)11-8-13-6-9-16-10-7-13/h6-7,9-10H,4-5,8,11-12,15H2,1-3H3. The largest absolute Gasteiger partial charge is 0.329 e. The lowest BCUT2D eigenvalue weighted by atomic mass is 9.91. The molecule has 96 valence electrons. The molecule has 0 amide bonds. The van der Waals surface area contributed by atoms with Crippen LogP contribution in [0.15, 0.2) is 24.5 Å². The molecule has 0 unspecified atom stereocenters. The molecular weight excluding hydrogens is 210 g/mol. The van der Waals surface area contributed by atoms with Crippen molar-refractivity contribution in [1.82, 2.24) is 9.88 Å². The van der Waals surface area contributed by atoms with E-state index in [0.29, 0.717) is 0 Å². The van der Waals surface area contributed by atoms with E-state index >= 15 is 0 Å². The molecule has 1 aromatic rings. The third kappa shape index (κ3) is 3.51. The Morgan fingerprint density at radius 1 is 1.24 bits per heavy atom. The third-order valence-electron chi connectivity index (χ3n) is 3.99. The summed E-state index contributed by atoms with van der Waals surface area (Å²) in [5.74, 6) is 0. The molecule has 0 aliphatic rings. The number of nitrogens with zero attached hydrogens (tertiary/aromatic N) is 2. The minimum atomic E-state index is 0.160. The van der Waals surface area contributed by atoms with Crippen LogP contribution in [0.3, 0.4) is 0 Å². The maximum atomic E-state index is 5.95. The Kier molecular flexibility index (Phi) is 5.59. The Morgan fingerprint density at radius 3 is 2.29 bits per heavy atom. The summed E-state index contributed by atoms with van der Waals surface area (Å²) in [5, 5.41) is 0. The van der Waals surface area contributed by atoms with Gasteiger partial charge in [-0.2, -0.15) is 0 Å². The molecule has 0 aliphatic carbocycles. The van der Waals surface area contributed by atoms with Crippen LogP contribution in [0.1, 0.15) is 32.3 Å². The van der Waals surface area contributed by atoms with Gasteiger partial charge in [-0.3, -0.25) is 9.88 Å². The number of nitrogens with two attached hydrogens (primary N) is 1. The van der Waals surface area contributed by atoms with Crippen molar-refractivity contribution in [2.24, 2.45) is 5.73 Å². The molecule has 0 fully saturated rings. The molecule has 0 saturated carbocycles. The highest BCUT2D eigenvalue weighted by Gasteiger charge is 2.28. The maximum Gasteiger partial charge on any atom is 0.0323 e. The molecule has 0 spiro atoms. The van der Waals surface area contributed by atoms with Crippen LogP contribution < -0.4 is 5.73 Å². The molecular formula is C14H25N3. The van der Waals surface area contributed by atoms with Gasteiger partial charge in [-0.1, -0.05) is 13.8 Å². The lowest BCUT2D eigenvalue weighted by Crippen LogP contribution is -2.51. The van der Waals surface area contributed by atoms with E-state index in [2.05, 4.69) is 42.9 Å². The SMILES string of the molecule is CCC(CC)(CN)N(C)CCc1ccncc1. The topological polar surface area (TPSA) is 42.1 Å². The fourth-order valence-electron chi connectivity index (χ4n) is 2.32. The van der Waals surface area contributed by atoms with Gasteiger partial charge in [0.1, 0.15) is 0 Å². The number of hydrogen-bond donors (Lipinski definition) is 1. The average Bonchev–Trinajstić information content (AvgIpc) is 2.40. The van der Waals surface area contributed by atoms with E-state index in [9.17, 15) is 0 Å². The van der Waals surface area contributed by atoms with Crippen molar-refractivity contribution in [2.75, 3.05) is 20.1 Å². The molecule has 0 aliphatic heterocycles. The second-order valence-electron chi connectivity index (χ2n) is 4.66. The van der Waals surface area contributed by atoms with Gasteiger partial charge in [-0.25, -0.2) is 0 Å². The zero-order chi connectivity index (χ0) is 12.7. The second kappa shape index (κ2) is 6.72. The van der Waals surface area contributed by atoms with Gasteiger partial charge in [-0.05, 0) is 44.0 Å². The first-order chi connectivity index (χ1) is 8.18. The Bertz CT molecular complexity index is 298. The van der Waals surface area contributed by atoms with Gasteiger partial charge in [0.2, 0.25) is 0 Å². The Labute approximate surface area is 105 Å². The van der Waals surface area contributed by atoms with Crippen LogP contribution >= 0.6 is 0 Å². The highest BCUT2D eigenvalue weighted by atomic mass is 15.2. The molecule has 17 heavy (non-hydrogen) atoms. The first kappa shape index (κ1) is 14.1. The summed E-state index contributed by atoms with van der Waals surface area (Å²) in [7, 11) is 2.18. The van der Waals surface area contributed by atoms with E-state index in [4.69, 9.17) is 5.73 Å². The van der Waals surface area contributed by atoms with E-state index in [1.54, 1.807) is 0 Å². The van der Waals surface area contributed by atoms with Crippen molar-refractivity contribution in [1.29, 1.82) is 0 Å². The first-order valence-electron chi connectivity index (χ1n) is 6.48. The minimum absolute atomic E-state index is 0.160. The van der Waals surface area contributed by atoms with E-state index < -0.39 is 0 Å². The quantitative estimate of drug-likeness (QED) is 0.786. The fraction of sp³-hybridized carbons (Fsp3) is 0.643. The Morgan fingerprint density at radius 2 is 1.82 bits per heavy atom. The highest BCUT2D eigenvalue weighted by molar-refractivity contribution is 5.10. The Balaban J connectivity index is 2.56. The van der Waals surface area contributed by atoms with Gasteiger partial charge in [-0.15, -0.1) is 0 Å². The zero-order valence-corrected chi connectivity index (χ0v) is 11.3. The number of pyridine rings is 1. The summed E-state index contributed by atoms with van der Waals surface area (Å²) in [6.07, 6.45) is 6.97. The van der Waals surface area contributed by atoms with Crippen molar-refractivity contribution in [2.45, 2.75) is 38.6 Å². The lowest BCUT2D eigenvalue weighted by molar-refractivity contribution is 0.117. The molecule has 1 rings (SSSR count). The van der Waals surface area contributed by atoms with Crippen LogP contribution in [0, 0.1) is 0 Å². The normalized spacial score (nSPS) is 12.1. The summed E-state index contributed by atoms with van der Waals surface area (Å²) in [6.45, 7) is 6.22. The molecule has 0 aromatic carbocycles. The zero-order valence-electron chi connectivity index (χ0n) is 11.3. The average molecular weight is 235 g/mol. The molecule has 3 nitrogen and oxygen atoms in total. The number of rotatable bonds is 7. The highest BCUT2D eigenvalue weighted by Crippen LogP contribution is 2.21. The second-order valence-corrected chi connectivity index (χ2v) is 4.66. The van der Waals surface area contributed by atoms with Crippen LogP contribution in [0.2, 0.25) is 0 Å². The molecule has 2 N–H and O–H groups in total. The molecule has 0 bridgehead atoms. The lowest BCUT2D eigenvalue weighted by Gasteiger charge is -2.40. The van der Waals surface area contributed by atoms with Crippen molar-refractivity contribution >= 4 is 0 Å². The van der Waals surface area contributed by atoms with Crippen LogP contribution in [0.25, 0.3) is 0 Å². The van der Waals surface area contributed by atoms with E-state index in [1.807, 2.05) is 12.4 Å². The summed E-state index contributed by atoms with van der Waals surface area (Å²) in [4.78, 5) is 6.45. The van der Waals surface area contributed by atoms with Gasteiger partial charge >= 0.3 is 0 Å². The van der Waals surface area contributed by atoms with Gasteiger partial charge in [0, 0.05) is 31.0 Å². The monoisotopic (exact) mass is 235 g/mol. The van der Waals surface area contributed by atoms with E-state index in [0.717, 1.165) is 32.4 Å². The molecule has 0 saturated heterocycles. The molecule has 0 atom stereocenters. The third-order valence-corrected chi connectivity index (χ3v) is 3.99. The predicted octanol–water partition coefficient (Wildman–Crippen LogP) is 2.07. The summed E-state index contributed by atoms with van der Waals surface area (Å²) < 4.78 is 0. The first-order valence-corrected chi connectivity index (χ1v) is 6.48. The summed E-state index contributed by atoms with van der Waals surface area (Å²) >= 11 is 0. The summed E-state index contributed by atoms with van der Waals surface area (Å²) in [6, 6.07) is 4.16. The van der Waals surface area contributed by atoms with Crippen molar-refractivity contribution in [3.8, 4) is 0 Å². The van der Waals surface area contributed by atoms with Crippen molar-refractivity contribution in [3.63, 3.8) is 0 Å². The van der Waals surface area contributed by atoms with Gasteiger partial charge in [0.05, 0.1) is 0 Å². The molecule has 1 aromatic heterocycles. The van der Waals surface area contributed by atoms with E-state index in [1.165, 1.54) is 5.56 Å². The van der Waals surface area contributed by atoms with Crippen molar-refractivity contribution in [3.05, 3.63) is 30.1 Å². The van der Waals surface area contributed by atoms with Gasteiger partial charge in [0.15, 0.2) is 0 Å². The smallest absolute Gasteiger partial charge is 0.0323 e. The molecule has 0 radical (unpaired) electrons. The van der Waals surface area contributed by atoms with E-state index in [-0.39, 0.29) is 5.54 Å². The summed E-state index contributed by atoms with van der Waals surface area (Å²) in [5.41, 5.74) is 7.44. The number of hydrogen-bond acceptors (Lipinski definition) is 3. The van der Waals surface area contributed by atoms with Crippen LogP contribution in [-0.4, -0.2) is 35.6 Å². The number of aromatic nitrogens is 1. The van der Waals surface area contributed by atoms with Crippen LogP contribution in [0.4, 0.5) is 0 Å². The van der Waals surface area contributed by atoms with Gasteiger partial charge < -0.3 is 5.73 Å². The van der Waals surface area contributed by atoms with Gasteiger partial charge in [0.25, 0.3) is 0 Å². The number of likely N-dealkylation sites (N-methyl/N-ethyl adjacent to an activating group) is 1. The molecule has 1 heterocycles. The van der Waals surface area contributed by atoms with Crippen LogP contribution in [-0.2, 0) is 6.42 Å². The Hall–Kier alpha value is -0.930. The molecule has 3 heteroatoms.